The van der Waals surface area contributed by atoms with Gasteiger partial charge in [-0.1, -0.05) is 18.2 Å². The zero-order valence-corrected chi connectivity index (χ0v) is 20.5. The van der Waals surface area contributed by atoms with Gasteiger partial charge in [0.25, 0.3) is 5.91 Å². The molecule has 9 nitrogen and oxygen atoms in total. The van der Waals surface area contributed by atoms with Crippen LogP contribution < -0.4 is 33.9 Å². The van der Waals surface area contributed by atoms with Crippen molar-refractivity contribution in [3.8, 4) is 28.7 Å². The Bertz CT molecular complexity index is 1410. The average Bonchev–Trinajstić information content (AvgIpc) is 3.61. The molecule has 1 unspecified atom stereocenters. The monoisotopic (exact) mass is 502 g/mol. The lowest BCUT2D eigenvalue weighted by Gasteiger charge is -2.23. The van der Waals surface area contributed by atoms with Crippen LogP contribution in [-0.2, 0) is 10.2 Å². The van der Waals surface area contributed by atoms with E-state index in [1.54, 1.807) is 36.3 Å². The highest BCUT2D eigenvalue weighted by Crippen LogP contribution is 2.54. The van der Waals surface area contributed by atoms with Crippen LogP contribution in [0.3, 0.4) is 0 Å². The van der Waals surface area contributed by atoms with Crippen molar-refractivity contribution < 1.29 is 33.3 Å². The van der Waals surface area contributed by atoms with Gasteiger partial charge < -0.3 is 33.9 Å². The number of anilines is 1. The SMILES string of the molecule is COc1ccc(C(=O)NCCCN2C(=O)C3(COc4cc5c(cc43)OCO5)c3ccccc32)c(OC)c1. The summed E-state index contributed by atoms with van der Waals surface area (Å²) >= 11 is 0. The summed E-state index contributed by atoms with van der Waals surface area (Å²) in [5, 5.41) is 2.93. The molecule has 0 radical (unpaired) electrons. The Morgan fingerprint density at radius 3 is 2.59 bits per heavy atom. The maximum Gasteiger partial charge on any atom is 0.255 e. The third-order valence-corrected chi connectivity index (χ3v) is 7.14. The quantitative estimate of drug-likeness (QED) is 0.496. The Balaban J connectivity index is 1.19. The number of carbonyl (C=O) groups is 2. The van der Waals surface area contributed by atoms with Gasteiger partial charge in [-0.25, -0.2) is 0 Å². The molecule has 1 spiro atoms. The number of amides is 2. The number of carbonyl (C=O) groups excluding carboxylic acids is 2. The molecular weight excluding hydrogens is 476 g/mol. The first-order chi connectivity index (χ1) is 18.1. The number of fused-ring (bicyclic) bond motifs is 5. The van der Waals surface area contributed by atoms with Gasteiger partial charge in [0.05, 0.1) is 19.8 Å². The van der Waals surface area contributed by atoms with Gasteiger partial charge in [0.1, 0.15) is 29.3 Å². The highest BCUT2D eigenvalue weighted by Gasteiger charge is 2.57. The van der Waals surface area contributed by atoms with E-state index in [0.29, 0.717) is 53.8 Å². The molecule has 2 amide bonds. The van der Waals surface area contributed by atoms with E-state index in [1.165, 1.54) is 7.11 Å². The summed E-state index contributed by atoms with van der Waals surface area (Å²) in [5.74, 6) is 2.61. The largest absolute Gasteiger partial charge is 0.497 e. The molecule has 0 bridgehead atoms. The van der Waals surface area contributed by atoms with Crippen LogP contribution in [0.15, 0.2) is 54.6 Å². The number of para-hydroxylation sites is 1. The van der Waals surface area contributed by atoms with E-state index in [0.717, 1.165) is 16.8 Å². The highest BCUT2D eigenvalue weighted by molar-refractivity contribution is 6.11. The fourth-order valence-corrected chi connectivity index (χ4v) is 5.31. The van der Waals surface area contributed by atoms with E-state index in [9.17, 15) is 9.59 Å². The molecule has 3 aromatic carbocycles. The van der Waals surface area contributed by atoms with Crippen molar-refractivity contribution in [1.82, 2.24) is 5.32 Å². The number of hydrogen-bond acceptors (Lipinski definition) is 7. The second-order valence-corrected chi connectivity index (χ2v) is 9.05. The standard InChI is InChI=1S/C28H26N2O7/c1-33-17-8-9-18(22(12-17)34-2)26(31)29-10-5-11-30-21-7-4-3-6-19(21)28(27(30)32)15-35-23-14-25-24(13-20(23)28)36-16-37-25/h3-4,6-9,12-14H,5,10-11,15-16H2,1-2H3,(H,29,31). The molecule has 3 aliphatic heterocycles. The lowest BCUT2D eigenvalue weighted by Crippen LogP contribution is -2.43. The Morgan fingerprint density at radius 2 is 1.78 bits per heavy atom. The van der Waals surface area contributed by atoms with Gasteiger partial charge >= 0.3 is 0 Å². The van der Waals surface area contributed by atoms with E-state index >= 15 is 0 Å². The molecule has 3 heterocycles. The third kappa shape index (κ3) is 3.53. The average molecular weight is 503 g/mol. The topological polar surface area (TPSA) is 95.6 Å². The van der Waals surface area contributed by atoms with E-state index in [2.05, 4.69) is 5.32 Å². The maximum atomic E-state index is 14.0. The fraction of sp³-hybridized carbons (Fsp3) is 0.286. The molecule has 0 saturated heterocycles. The summed E-state index contributed by atoms with van der Waals surface area (Å²) in [6.45, 7) is 1.19. The zero-order chi connectivity index (χ0) is 25.6. The Labute approximate surface area is 213 Å². The number of nitrogens with one attached hydrogen (secondary N) is 1. The molecule has 3 aromatic rings. The number of methoxy groups -OCH3 is 2. The predicted molar refractivity (Wildman–Crippen MR) is 134 cm³/mol. The summed E-state index contributed by atoms with van der Waals surface area (Å²) in [7, 11) is 3.07. The van der Waals surface area contributed by atoms with Crippen LogP contribution in [0.25, 0.3) is 0 Å². The second-order valence-electron chi connectivity index (χ2n) is 9.05. The van der Waals surface area contributed by atoms with Crippen molar-refractivity contribution in [2.75, 3.05) is 45.6 Å². The van der Waals surface area contributed by atoms with Crippen molar-refractivity contribution in [3.63, 3.8) is 0 Å². The van der Waals surface area contributed by atoms with Gasteiger partial charge in [-0.3, -0.25) is 9.59 Å². The molecule has 0 saturated carbocycles. The summed E-state index contributed by atoms with van der Waals surface area (Å²) in [4.78, 5) is 28.6. The Hall–Kier alpha value is -4.40. The highest BCUT2D eigenvalue weighted by atomic mass is 16.7. The van der Waals surface area contributed by atoms with Gasteiger partial charge in [-0.05, 0) is 36.2 Å². The maximum absolute atomic E-state index is 14.0. The van der Waals surface area contributed by atoms with E-state index < -0.39 is 5.41 Å². The molecule has 190 valence electrons. The fourth-order valence-electron chi connectivity index (χ4n) is 5.31. The van der Waals surface area contributed by atoms with Crippen LogP contribution >= 0.6 is 0 Å². The number of ether oxygens (including phenoxy) is 5. The van der Waals surface area contributed by atoms with Gasteiger partial charge in [0, 0.05) is 36.5 Å². The van der Waals surface area contributed by atoms with E-state index in [-0.39, 0.29) is 25.2 Å². The van der Waals surface area contributed by atoms with Crippen molar-refractivity contribution in [2.45, 2.75) is 11.8 Å². The Kier molecular flexibility index (Phi) is 5.55. The number of rotatable bonds is 7. The summed E-state index contributed by atoms with van der Waals surface area (Å²) in [5.41, 5.74) is 2.03. The van der Waals surface area contributed by atoms with Crippen LogP contribution in [0.2, 0.25) is 0 Å². The van der Waals surface area contributed by atoms with Gasteiger partial charge in [0.2, 0.25) is 12.7 Å². The minimum atomic E-state index is -0.938. The first-order valence-electron chi connectivity index (χ1n) is 12.1. The Morgan fingerprint density at radius 1 is 0.973 bits per heavy atom. The summed E-state index contributed by atoms with van der Waals surface area (Å²) in [6.07, 6.45) is 0.565. The van der Waals surface area contributed by atoms with Gasteiger partial charge in [-0.2, -0.15) is 0 Å². The smallest absolute Gasteiger partial charge is 0.255 e. The van der Waals surface area contributed by atoms with Crippen LogP contribution in [0.1, 0.15) is 27.9 Å². The minimum Gasteiger partial charge on any atom is -0.497 e. The molecule has 0 aliphatic carbocycles. The van der Waals surface area contributed by atoms with Gasteiger partial charge in [-0.15, -0.1) is 0 Å². The molecule has 1 N–H and O–H groups in total. The molecular formula is C28H26N2O7. The predicted octanol–water partition coefficient (Wildman–Crippen LogP) is 3.28. The lowest BCUT2D eigenvalue weighted by atomic mass is 9.77. The van der Waals surface area contributed by atoms with Crippen molar-refractivity contribution in [1.29, 1.82) is 0 Å². The van der Waals surface area contributed by atoms with Crippen LogP contribution in [0.5, 0.6) is 28.7 Å². The number of benzene rings is 3. The second kappa shape index (κ2) is 8.92. The van der Waals surface area contributed by atoms with Crippen molar-refractivity contribution in [2.24, 2.45) is 0 Å². The summed E-state index contributed by atoms with van der Waals surface area (Å²) in [6, 6.07) is 16.5. The van der Waals surface area contributed by atoms with Crippen molar-refractivity contribution >= 4 is 17.5 Å². The molecule has 37 heavy (non-hydrogen) atoms. The normalized spacial score (nSPS) is 18.4. The lowest BCUT2D eigenvalue weighted by molar-refractivity contribution is -0.122. The minimum absolute atomic E-state index is 0.0468. The van der Waals surface area contributed by atoms with E-state index in [4.69, 9.17) is 23.7 Å². The van der Waals surface area contributed by atoms with Crippen LogP contribution in [0, 0.1) is 0 Å². The van der Waals surface area contributed by atoms with E-state index in [1.807, 2.05) is 30.3 Å². The van der Waals surface area contributed by atoms with Crippen LogP contribution in [-0.4, -0.2) is 52.5 Å². The van der Waals surface area contributed by atoms with Crippen molar-refractivity contribution in [3.05, 3.63) is 71.3 Å². The van der Waals surface area contributed by atoms with Crippen LogP contribution in [0.4, 0.5) is 5.69 Å². The zero-order valence-electron chi connectivity index (χ0n) is 20.5. The molecule has 3 aliphatic rings. The van der Waals surface area contributed by atoms with Gasteiger partial charge in [0.15, 0.2) is 11.5 Å². The number of hydrogen-bond donors (Lipinski definition) is 1. The third-order valence-electron chi connectivity index (χ3n) is 7.14. The summed E-state index contributed by atoms with van der Waals surface area (Å²) < 4.78 is 27.6. The molecule has 1 atom stereocenters. The molecule has 6 rings (SSSR count). The molecule has 0 fully saturated rings. The molecule has 0 aromatic heterocycles. The molecule has 9 heteroatoms. The number of nitrogens with zero attached hydrogens (tertiary/aromatic N) is 1. The first kappa shape index (κ1) is 23.0. The first-order valence-corrected chi connectivity index (χ1v) is 12.1.